The molecule has 0 radical (unpaired) electrons. The highest BCUT2D eigenvalue weighted by atomic mass is 19.1. The summed E-state index contributed by atoms with van der Waals surface area (Å²) in [6, 6.07) is 12.4. The van der Waals surface area contributed by atoms with Crippen molar-refractivity contribution in [2.45, 2.75) is 25.0 Å². The SMILES string of the molecule is COc1ccc([C@@H](O)CN[C@H]2CCc3ccc(F)cc32)cc1. The largest absolute Gasteiger partial charge is 0.497 e. The molecule has 3 nitrogen and oxygen atoms in total. The summed E-state index contributed by atoms with van der Waals surface area (Å²) >= 11 is 0. The van der Waals surface area contributed by atoms with Gasteiger partial charge in [-0.2, -0.15) is 0 Å². The van der Waals surface area contributed by atoms with Gasteiger partial charge in [-0.1, -0.05) is 18.2 Å². The third kappa shape index (κ3) is 3.13. The van der Waals surface area contributed by atoms with Gasteiger partial charge < -0.3 is 15.2 Å². The fourth-order valence-electron chi connectivity index (χ4n) is 2.98. The highest BCUT2D eigenvalue weighted by molar-refractivity contribution is 5.35. The van der Waals surface area contributed by atoms with Crippen LogP contribution < -0.4 is 10.1 Å². The Morgan fingerprint density at radius 1 is 1.27 bits per heavy atom. The second kappa shape index (κ2) is 6.46. The Morgan fingerprint density at radius 2 is 2.05 bits per heavy atom. The Hall–Kier alpha value is -1.91. The Bertz CT molecular complexity index is 642. The highest BCUT2D eigenvalue weighted by Gasteiger charge is 2.23. The van der Waals surface area contributed by atoms with Crippen LogP contribution in [0.1, 0.15) is 35.3 Å². The number of ether oxygens (including phenoxy) is 1. The van der Waals surface area contributed by atoms with Gasteiger partial charge in [0.15, 0.2) is 0 Å². The molecule has 1 aliphatic carbocycles. The molecule has 1 aliphatic rings. The van der Waals surface area contributed by atoms with Gasteiger partial charge in [0.2, 0.25) is 0 Å². The van der Waals surface area contributed by atoms with E-state index in [0.29, 0.717) is 6.54 Å². The van der Waals surface area contributed by atoms with Crippen molar-refractivity contribution in [1.29, 1.82) is 0 Å². The topological polar surface area (TPSA) is 41.5 Å². The molecule has 0 spiro atoms. The van der Waals surface area contributed by atoms with E-state index in [4.69, 9.17) is 4.74 Å². The average molecular weight is 301 g/mol. The van der Waals surface area contributed by atoms with Crippen LogP contribution in [0.2, 0.25) is 0 Å². The molecule has 22 heavy (non-hydrogen) atoms. The summed E-state index contributed by atoms with van der Waals surface area (Å²) in [5.74, 6) is 0.562. The van der Waals surface area contributed by atoms with Crippen LogP contribution in [0.15, 0.2) is 42.5 Å². The molecule has 2 N–H and O–H groups in total. The van der Waals surface area contributed by atoms with Crippen LogP contribution in [0.4, 0.5) is 4.39 Å². The zero-order valence-corrected chi connectivity index (χ0v) is 12.6. The number of methoxy groups -OCH3 is 1. The summed E-state index contributed by atoms with van der Waals surface area (Å²) in [4.78, 5) is 0. The van der Waals surface area contributed by atoms with Crippen LogP contribution in [-0.2, 0) is 6.42 Å². The fraction of sp³-hybridized carbons (Fsp3) is 0.333. The summed E-state index contributed by atoms with van der Waals surface area (Å²) in [7, 11) is 1.61. The summed E-state index contributed by atoms with van der Waals surface area (Å²) in [6.07, 6.45) is 1.29. The molecule has 0 aliphatic heterocycles. The van der Waals surface area contributed by atoms with E-state index >= 15 is 0 Å². The minimum Gasteiger partial charge on any atom is -0.497 e. The van der Waals surface area contributed by atoms with Gasteiger partial charge in [-0.25, -0.2) is 4.39 Å². The molecular formula is C18H20FNO2. The van der Waals surface area contributed by atoms with Crippen molar-refractivity contribution in [3.63, 3.8) is 0 Å². The standard InChI is InChI=1S/C18H20FNO2/c1-22-15-7-3-13(4-8-15)18(21)11-20-17-9-5-12-2-6-14(19)10-16(12)17/h2-4,6-8,10,17-18,20-21H,5,9,11H2,1H3/t17-,18-/m0/s1. The minimum absolute atomic E-state index is 0.110. The molecule has 0 saturated heterocycles. The molecule has 0 aromatic heterocycles. The summed E-state index contributed by atoms with van der Waals surface area (Å²) < 4.78 is 18.5. The van der Waals surface area contributed by atoms with Gasteiger partial charge in [0.05, 0.1) is 13.2 Å². The number of aliphatic hydroxyl groups is 1. The average Bonchev–Trinajstić information content (AvgIpc) is 2.95. The number of hydrogen-bond acceptors (Lipinski definition) is 3. The number of aliphatic hydroxyl groups excluding tert-OH is 1. The lowest BCUT2D eigenvalue weighted by Crippen LogP contribution is -2.25. The summed E-state index contributed by atoms with van der Waals surface area (Å²) in [5.41, 5.74) is 3.05. The number of rotatable bonds is 5. The highest BCUT2D eigenvalue weighted by Crippen LogP contribution is 2.32. The molecule has 0 saturated carbocycles. The molecule has 2 aromatic carbocycles. The molecule has 2 aromatic rings. The number of nitrogens with one attached hydrogen (secondary N) is 1. The van der Waals surface area contributed by atoms with E-state index in [0.717, 1.165) is 29.7 Å². The second-order valence-electron chi connectivity index (χ2n) is 5.63. The van der Waals surface area contributed by atoms with Gasteiger partial charge in [0.25, 0.3) is 0 Å². The fourth-order valence-corrected chi connectivity index (χ4v) is 2.98. The number of aryl methyl sites for hydroxylation is 1. The smallest absolute Gasteiger partial charge is 0.123 e. The molecular weight excluding hydrogens is 281 g/mol. The maximum absolute atomic E-state index is 13.4. The minimum atomic E-state index is -0.594. The monoisotopic (exact) mass is 301 g/mol. The van der Waals surface area contributed by atoms with Gasteiger partial charge >= 0.3 is 0 Å². The van der Waals surface area contributed by atoms with Crippen molar-refractivity contribution in [2.24, 2.45) is 0 Å². The summed E-state index contributed by atoms with van der Waals surface area (Å²) in [6.45, 7) is 0.437. The van der Waals surface area contributed by atoms with E-state index in [2.05, 4.69) is 5.32 Å². The second-order valence-corrected chi connectivity index (χ2v) is 5.63. The predicted octanol–water partition coefficient (Wildman–Crippen LogP) is 3.14. The Balaban J connectivity index is 1.62. The molecule has 116 valence electrons. The molecule has 0 amide bonds. The molecule has 0 bridgehead atoms. The van der Waals surface area contributed by atoms with Crippen LogP contribution in [0.5, 0.6) is 5.75 Å². The van der Waals surface area contributed by atoms with Crippen LogP contribution >= 0.6 is 0 Å². The predicted molar refractivity (Wildman–Crippen MR) is 83.4 cm³/mol. The van der Waals surface area contributed by atoms with Gasteiger partial charge in [0, 0.05) is 12.6 Å². The first kappa shape index (κ1) is 15.0. The van der Waals surface area contributed by atoms with E-state index in [1.54, 1.807) is 13.2 Å². The first-order valence-electron chi connectivity index (χ1n) is 7.51. The van der Waals surface area contributed by atoms with Gasteiger partial charge in [-0.05, 0) is 53.8 Å². The molecule has 2 atom stereocenters. The molecule has 0 unspecified atom stereocenters. The lowest BCUT2D eigenvalue weighted by molar-refractivity contribution is 0.169. The molecule has 3 rings (SSSR count). The van der Waals surface area contributed by atoms with E-state index in [1.807, 2.05) is 30.3 Å². The Labute approximate surface area is 129 Å². The van der Waals surface area contributed by atoms with Crippen molar-refractivity contribution in [3.8, 4) is 5.75 Å². The van der Waals surface area contributed by atoms with Crippen molar-refractivity contribution in [1.82, 2.24) is 5.32 Å². The van der Waals surface area contributed by atoms with Crippen LogP contribution in [-0.4, -0.2) is 18.8 Å². The number of fused-ring (bicyclic) bond motifs is 1. The first-order chi connectivity index (χ1) is 10.7. The van der Waals surface area contributed by atoms with Gasteiger partial charge in [-0.15, -0.1) is 0 Å². The normalized spacial score (nSPS) is 18.0. The van der Waals surface area contributed by atoms with Crippen LogP contribution in [0, 0.1) is 5.82 Å². The molecule has 0 fully saturated rings. The lowest BCUT2D eigenvalue weighted by Gasteiger charge is -2.18. The van der Waals surface area contributed by atoms with Crippen LogP contribution in [0.25, 0.3) is 0 Å². The van der Waals surface area contributed by atoms with Crippen LogP contribution in [0.3, 0.4) is 0 Å². The van der Waals surface area contributed by atoms with E-state index in [9.17, 15) is 9.50 Å². The number of benzene rings is 2. The van der Waals surface area contributed by atoms with Crippen molar-refractivity contribution in [3.05, 3.63) is 65.0 Å². The first-order valence-corrected chi connectivity index (χ1v) is 7.51. The maximum atomic E-state index is 13.4. The Kier molecular flexibility index (Phi) is 4.41. The van der Waals surface area contributed by atoms with Gasteiger partial charge in [-0.3, -0.25) is 0 Å². The molecule has 4 heteroatoms. The summed E-state index contributed by atoms with van der Waals surface area (Å²) in [5, 5.41) is 13.6. The van der Waals surface area contributed by atoms with E-state index in [1.165, 1.54) is 11.6 Å². The van der Waals surface area contributed by atoms with Gasteiger partial charge in [0.1, 0.15) is 11.6 Å². The number of hydrogen-bond donors (Lipinski definition) is 2. The van der Waals surface area contributed by atoms with E-state index in [-0.39, 0.29) is 11.9 Å². The Morgan fingerprint density at radius 3 is 2.77 bits per heavy atom. The zero-order valence-electron chi connectivity index (χ0n) is 12.6. The lowest BCUT2D eigenvalue weighted by atomic mass is 10.1. The van der Waals surface area contributed by atoms with Crippen molar-refractivity contribution in [2.75, 3.05) is 13.7 Å². The van der Waals surface area contributed by atoms with Crippen molar-refractivity contribution >= 4 is 0 Å². The zero-order chi connectivity index (χ0) is 15.5. The molecule has 0 heterocycles. The maximum Gasteiger partial charge on any atom is 0.123 e. The quantitative estimate of drug-likeness (QED) is 0.891. The third-order valence-corrected chi connectivity index (χ3v) is 4.24. The van der Waals surface area contributed by atoms with Crippen molar-refractivity contribution < 1.29 is 14.2 Å². The number of halogens is 1. The van der Waals surface area contributed by atoms with E-state index < -0.39 is 6.10 Å². The third-order valence-electron chi connectivity index (χ3n) is 4.24.